The Bertz CT molecular complexity index is 83.3. The zero-order chi connectivity index (χ0) is 7.82. The van der Waals surface area contributed by atoms with Crippen LogP contribution in [-0.2, 0) is 9.47 Å². The van der Waals surface area contributed by atoms with Crippen LogP contribution in [0.15, 0.2) is 12.2 Å². The highest BCUT2D eigenvalue weighted by Gasteiger charge is 1.99. The first-order chi connectivity index (χ1) is 4.85. The molecular formula is C8H16O2. The van der Waals surface area contributed by atoms with E-state index in [2.05, 4.69) is 0 Å². The van der Waals surface area contributed by atoms with E-state index in [1.807, 2.05) is 32.9 Å². The van der Waals surface area contributed by atoms with Crippen LogP contribution < -0.4 is 0 Å². The van der Waals surface area contributed by atoms with Crippen molar-refractivity contribution >= 4 is 0 Å². The van der Waals surface area contributed by atoms with Gasteiger partial charge in [0, 0.05) is 13.2 Å². The monoisotopic (exact) mass is 144 g/mol. The lowest BCUT2D eigenvalue weighted by atomic mass is 10.5. The van der Waals surface area contributed by atoms with Crippen molar-refractivity contribution in [3.8, 4) is 0 Å². The van der Waals surface area contributed by atoms with Gasteiger partial charge in [0.25, 0.3) is 0 Å². The van der Waals surface area contributed by atoms with Gasteiger partial charge in [0.1, 0.15) is 0 Å². The minimum atomic E-state index is -0.153. The molecule has 0 radical (unpaired) electrons. The summed E-state index contributed by atoms with van der Waals surface area (Å²) in [7, 11) is 0. The van der Waals surface area contributed by atoms with Crippen molar-refractivity contribution in [2.75, 3.05) is 13.2 Å². The van der Waals surface area contributed by atoms with E-state index in [-0.39, 0.29) is 6.29 Å². The average molecular weight is 144 g/mol. The van der Waals surface area contributed by atoms with Crippen LogP contribution in [0.1, 0.15) is 20.8 Å². The summed E-state index contributed by atoms with van der Waals surface area (Å²) in [6.45, 7) is 7.24. The highest BCUT2D eigenvalue weighted by atomic mass is 16.7. The first kappa shape index (κ1) is 9.66. The molecule has 0 amide bonds. The molecule has 0 aromatic carbocycles. The molecule has 2 heteroatoms. The van der Waals surface area contributed by atoms with Crippen LogP contribution >= 0.6 is 0 Å². The van der Waals surface area contributed by atoms with Gasteiger partial charge in [-0.1, -0.05) is 6.08 Å². The molecule has 0 bridgehead atoms. The summed E-state index contributed by atoms with van der Waals surface area (Å²) >= 11 is 0. The molecule has 0 saturated heterocycles. The van der Waals surface area contributed by atoms with Crippen LogP contribution in [-0.4, -0.2) is 19.5 Å². The van der Waals surface area contributed by atoms with Gasteiger partial charge in [0.2, 0.25) is 0 Å². The predicted molar refractivity (Wildman–Crippen MR) is 41.9 cm³/mol. The fourth-order valence-corrected chi connectivity index (χ4v) is 0.645. The quantitative estimate of drug-likeness (QED) is 0.434. The molecule has 0 heterocycles. The summed E-state index contributed by atoms with van der Waals surface area (Å²) in [5.41, 5.74) is 0. The minimum Gasteiger partial charge on any atom is -0.349 e. The molecule has 0 fully saturated rings. The third kappa shape index (κ3) is 4.53. The average Bonchev–Trinajstić information content (AvgIpc) is 1.90. The maximum atomic E-state index is 5.21. The zero-order valence-electron chi connectivity index (χ0n) is 6.96. The molecule has 0 aliphatic carbocycles. The molecule has 0 aliphatic rings. The molecule has 0 spiro atoms. The first-order valence-corrected chi connectivity index (χ1v) is 3.71. The Morgan fingerprint density at radius 2 is 1.70 bits per heavy atom. The number of hydrogen-bond donors (Lipinski definition) is 0. The number of hydrogen-bond acceptors (Lipinski definition) is 2. The molecule has 0 N–H and O–H groups in total. The summed E-state index contributed by atoms with van der Waals surface area (Å²) in [4.78, 5) is 0. The van der Waals surface area contributed by atoms with Gasteiger partial charge < -0.3 is 9.47 Å². The fraction of sp³-hybridized carbons (Fsp3) is 0.750. The highest BCUT2D eigenvalue weighted by Crippen LogP contribution is 1.95. The largest absolute Gasteiger partial charge is 0.349 e. The van der Waals surface area contributed by atoms with Crippen LogP contribution in [0.25, 0.3) is 0 Å². The van der Waals surface area contributed by atoms with Gasteiger partial charge in [-0.2, -0.15) is 0 Å². The van der Waals surface area contributed by atoms with Gasteiger partial charge in [0.15, 0.2) is 6.29 Å². The van der Waals surface area contributed by atoms with E-state index in [1.165, 1.54) is 0 Å². The van der Waals surface area contributed by atoms with E-state index in [9.17, 15) is 0 Å². The molecule has 0 aliphatic heterocycles. The van der Waals surface area contributed by atoms with E-state index < -0.39 is 0 Å². The predicted octanol–water partition coefficient (Wildman–Crippen LogP) is 1.96. The second-order valence-electron chi connectivity index (χ2n) is 1.80. The van der Waals surface area contributed by atoms with E-state index in [0.717, 1.165) is 0 Å². The fourth-order valence-electron chi connectivity index (χ4n) is 0.645. The van der Waals surface area contributed by atoms with Crippen LogP contribution in [0.3, 0.4) is 0 Å². The number of ether oxygens (including phenoxy) is 2. The van der Waals surface area contributed by atoms with E-state index >= 15 is 0 Å². The van der Waals surface area contributed by atoms with Crippen LogP contribution in [0.4, 0.5) is 0 Å². The van der Waals surface area contributed by atoms with Crippen molar-refractivity contribution in [1.29, 1.82) is 0 Å². The minimum absolute atomic E-state index is 0.153. The van der Waals surface area contributed by atoms with Gasteiger partial charge >= 0.3 is 0 Å². The molecule has 0 atom stereocenters. The van der Waals surface area contributed by atoms with Crippen LogP contribution in [0, 0.1) is 0 Å². The van der Waals surface area contributed by atoms with Crippen molar-refractivity contribution in [2.24, 2.45) is 0 Å². The topological polar surface area (TPSA) is 18.5 Å². The van der Waals surface area contributed by atoms with Gasteiger partial charge in [0.05, 0.1) is 0 Å². The van der Waals surface area contributed by atoms with Gasteiger partial charge in [-0.15, -0.1) is 0 Å². The zero-order valence-corrected chi connectivity index (χ0v) is 6.96. The molecular weight excluding hydrogens is 128 g/mol. The van der Waals surface area contributed by atoms with Gasteiger partial charge in [-0.3, -0.25) is 0 Å². The SMILES string of the molecule is C/C=C\C(OCC)OCC. The molecule has 0 aromatic rings. The number of allylic oxidation sites excluding steroid dienone is 1. The molecule has 60 valence electrons. The maximum absolute atomic E-state index is 5.21. The summed E-state index contributed by atoms with van der Waals surface area (Å²) in [5, 5.41) is 0. The van der Waals surface area contributed by atoms with Gasteiger partial charge in [-0.25, -0.2) is 0 Å². The lowest BCUT2D eigenvalue weighted by molar-refractivity contribution is -0.103. The summed E-state index contributed by atoms with van der Waals surface area (Å²) < 4.78 is 10.4. The molecule has 2 nitrogen and oxygen atoms in total. The Morgan fingerprint density at radius 3 is 2.00 bits per heavy atom. The molecule has 0 saturated carbocycles. The van der Waals surface area contributed by atoms with Crippen LogP contribution in [0.2, 0.25) is 0 Å². The Labute approximate surface area is 62.8 Å². The normalized spacial score (nSPS) is 11.6. The Hall–Kier alpha value is -0.340. The van der Waals surface area contributed by atoms with Crippen molar-refractivity contribution < 1.29 is 9.47 Å². The van der Waals surface area contributed by atoms with Crippen molar-refractivity contribution in [3.63, 3.8) is 0 Å². The molecule has 0 aromatic heterocycles. The first-order valence-electron chi connectivity index (χ1n) is 3.71. The van der Waals surface area contributed by atoms with Gasteiger partial charge in [-0.05, 0) is 26.8 Å². The standard InChI is InChI=1S/C8H16O2/c1-4-7-8(9-5-2)10-6-3/h4,7-8H,5-6H2,1-3H3/b7-4-. The van der Waals surface area contributed by atoms with Crippen molar-refractivity contribution in [1.82, 2.24) is 0 Å². The third-order valence-electron chi connectivity index (χ3n) is 1.01. The van der Waals surface area contributed by atoms with E-state index in [4.69, 9.17) is 9.47 Å². The van der Waals surface area contributed by atoms with E-state index in [0.29, 0.717) is 13.2 Å². The third-order valence-corrected chi connectivity index (χ3v) is 1.01. The second kappa shape index (κ2) is 6.78. The summed E-state index contributed by atoms with van der Waals surface area (Å²) in [6.07, 6.45) is 3.67. The maximum Gasteiger partial charge on any atom is 0.176 e. The van der Waals surface area contributed by atoms with E-state index in [1.54, 1.807) is 0 Å². The Balaban J connectivity index is 3.50. The Morgan fingerprint density at radius 1 is 1.20 bits per heavy atom. The van der Waals surface area contributed by atoms with Crippen molar-refractivity contribution in [3.05, 3.63) is 12.2 Å². The molecule has 0 rings (SSSR count). The smallest absolute Gasteiger partial charge is 0.176 e. The Kier molecular flexibility index (Phi) is 6.55. The lowest BCUT2D eigenvalue weighted by Crippen LogP contribution is -2.13. The lowest BCUT2D eigenvalue weighted by Gasteiger charge is -2.11. The highest BCUT2D eigenvalue weighted by molar-refractivity contribution is 4.80. The number of rotatable bonds is 5. The van der Waals surface area contributed by atoms with Crippen LogP contribution in [0.5, 0.6) is 0 Å². The summed E-state index contributed by atoms with van der Waals surface area (Å²) in [6, 6.07) is 0. The van der Waals surface area contributed by atoms with Crippen molar-refractivity contribution in [2.45, 2.75) is 27.1 Å². The molecule has 10 heavy (non-hydrogen) atoms. The second-order valence-corrected chi connectivity index (χ2v) is 1.80. The summed E-state index contributed by atoms with van der Waals surface area (Å²) in [5.74, 6) is 0. The molecule has 0 unspecified atom stereocenters.